The molecule has 2 rings (SSSR count). The first-order chi connectivity index (χ1) is 10.1. The molecule has 4 heteroatoms. The largest absolute Gasteiger partial charge is 0.495 e. The maximum absolute atomic E-state index is 9.10. The van der Waals surface area contributed by atoms with Crippen molar-refractivity contribution >= 4 is 15.9 Å². The molecule has 0 amide bonds. The molecule has 0 fully saturated rings. The summed E-state index contributed by atoms with van der Waals surface area (Å²) < 4.78 is 6.23. The lowest BCUT2D eigenvalue weighted by atomic mass is 10.1. The van der Waals surface area contributed by atoms with Crippen molar-refractivity contribution in [3.8, 4) is 11.8 Å². The summed E-state index contributed by atoms with van der Waals surface area (Å²) in [4.78, 5) is 0. The minimum Gasteiger partial charge on any atom is -0.495 e. The van der Waals surface area contributed by atoms with Gasteiger partial charge >= 0.3 is 0 Å². The molecule has 0 heterocycles. The lowest BCUT2D eigenvalue weighted by molar-refractivity contribution is 0.413. The molecule has 108 valence electrons. The highest BCUT2D eigenvalue weighted by atomic mass is 79.9. The average Bonchev–Trinajstić information content (AvgIpc) is 2.52. The summed E-state index contributed by atoms with van der Waals surface area (Å²) in [5, 5.41) is 12.6. The van der Waals surface area contributed by atoms with Gasteiger partial charge in [-0.25, -0.2) is 0 Å². The van der Waals surface area contributed by atoms with Gasteiger partial charge in [0.25, 0.3) is 0 Å². The Balaban J connectivity index is 2.05. The molecule has 0 aliphatic carbocycles. The molecule has 0 saturated carbocycles. The van der Waals surface area contributed by atoms with Crippen LogP contribution < -0.4 is 10.1 Å². The van der Waals surface area contributed by atoms with E-state index in [1.807, 2.05) is 30.3 Å². The van der Waals surface area contributed by atoms with Crippen molar-refractivity contribution in [1.29, 1.82) is 5.26 Å². The molecule has 2 aromatic rings. The Morgan fingerprint density at radius 2 is 2.10 bits per heavy atom. The van der Waals surface area contributed by atoms with E-state index in [2.05, 4.69) is 46.4 Å². The number of halogens is 1. The maximum Gasteiger partial charge on any atom is 0.136 e. The zero-order chi connectivity index (χ0) is 15.2. The number of hydrogen-bond donors (Lipinski definition) is 1. The fourth-order valence-corrected chi connectivity index (χ4v) is 2.53. The van der Waals surface area contributed by atoms with Crippen LogP contribution in [0.2, 0.25) is 0 Å². The molecule has 0 unspecified atom stereocenters. The normalized spacial score (nSPS) is 11.7. The molecule has 3 nitrogen and oxygen atoms in total. The van der Waals surface area contributed by atoms with Crippen LogP contribution in [-0.2, 0) is 6.54 Å². The molecular weight excluding hydrogens is 328 g/mol. The minimum atomic E-state index is 0.232. The van der Waals surface area contributed by atoms with Crippen molar-refractivity contribution in [3.63, 3.8) is 0 Å². The van der Waals surface area contributed by atoms with Gasteiger partial charge in [0.1, 0.15) is 11.8 Å². The molecule has 0 aliphatic heterocycles. The number of methoxy groups -OCH3 is 1. The van der Waals surface area contributed by atoms with E-state index in [-0.39, 0.29) is 6.04 Å². The van der Waals surface area contributed by atoms with E-state index in [1.165, 1.54) is 5.56 Å². The van der Waals surface area contributed by atoms with Crippen LogP contribution in [0.4, 0.5) is 0 Å². The molecule has 0 aromatic heterocycles. The van der Waals surface area contributed by atoms with E-state index in [0.29, 0.717) is 17.9 Å². The number of benzene rings is 2. The van der Waals surface area contributed by atoms with Gasteiger partial charge in [-0.3, -0.25) is 0 Å². The van der Waals surface area contributed by atoms with Crippen LogP contribution in [-0.4, -0.2) is 7.11 Å². The SMILES string of the molecule is COc1ccc(CN[C@@H](C)c2cccc(Br)c2)cc1C#N. The van der Waals surface area contributed by atoms with Gasteiger partial charge in [0.05, 0.1) is 12.7 Å². The Bertz CT molecular complexity index is 664. The van der Waals surface area contributed by atoms with E-state index >= 15 is 0 Å². The summed E-state index contributed by atoms with van der Waals surface area (Å²) in [5.41, 5.74) is 2.85. The monoisotopic (exact) mass is 344 g/mol. The smallest absolute Gasteiger partial charge is 0.136 e. The quantitative estimate of drug-likeness (QED) is 0.884. The third-order valence-corrected chi connectivity index (χ3v) is 3.84. The van der Waals surface area contributed by atoms with Crippen molar-refractivity contribution in [2.75, 3.05) is 7.11 Å². The summed E-state index contributed by atoms with van der Waals surface area (Å²) >= 11 is 3.48. The van der Waals surface area contributed by atoms with E-state index in [4.69, 9.17) is 10.00 Å². The summed E-state index contributed by atoms with van der Waals surface area (Å²) in [7, 11) is 1.57. The lowest BCUT2D eigenvalue weighted by Gasteiger charge is -2.15. The van der Waals surface area contributed by atoms with Crippen LogP contribution in [0.25, 0.3) is 0 Å². The van der Waals surface area contributed by atoms with Crippen LogP contribution >= 0.6 is 15.9 Å². The zero-order valence-electron chi connectivity index (χ0n) is 12.1. The first-order valence-electron chi connectivity index (χ1n) is 6.70. The second-order valence-corrected chi connectivity index (χ2v) is 5.72. The first-order valence-corrected chi connectivity index (χ1v) is 7.49. The van der Waals surface area contributed by atoms with Gasteiger partial charge in [-0.1, -0.05) is 34.1 Å². The number of nitrogens with zero attached hydrogens (tertiary/aromatic N) is 1. The van der Waals surface area contributed by atoms with Crippen molar-refractivity contribution < 1.29 is 4.74 Å². The molecule has 2 aromatic carbocycles. The van der Waals surface area contributed by atoms with Gasteiger partial charge in [0, 0.05) is 17.1 Å². The second kappa shape index (κ2) is 7.26. The summed E-state index contributed by atoms with van der Waals surface area (Å²) in [6.45, 7) is 2.82. The van der Waals surface area contributed by atoms with E-state index in [9.17, 15) is 0 Å². The molecule has 0 radical (unpaired) electrons. The molecule has 0 aliphatic rings. The Labute approximate surface area is 133 Å². The molecule has 0 bridgehead atoms. The number of nitrogens with one attached hydrogen (secondary N) is 1. The predicted octanol–water partition coefficient (Wildman–Crippen LogP) is 4.18. The van der Waals surface area contributed by atoms with E-state index in [0.717, 1.165) is 10.0 Å². The van der Waals surface area contributed by atoms with Crippen molar-refractivity contribution in [2.45, 2.75) is 19.5 Å². The molecule has 0 saturated heterocycles. The molecule has 1 N–H and O–H groups in total. The Morgan fingerprint density at radius 1 is 1.29 bits per heavy atom. The highest BCUT2D eigenvalue weighted by molar-refractivity contribution is 9.10. The molecule has 21 heavy (non-hydrogen) atoms. The predicted molar refractivity (Wildman–Crippen MR) is 87.1 cm³/mol. The summed E-state index contributed by atoms with van der Waals surface area (Å²) in [6, 6.07) is 16.3. The van der Waals surface area contributed by atoms with Gasteiger partial charge in [0.15, 0.2) is 0 Å². The van der Waals surface area contributed by atoms with Gasteiger partial charge in [-0.2, -0.15) is 5.26 Å². The van der Waals surface area contributed by atoms with Crippen LogP contribution in [0.5, 0.6) is 5.75 Å². The lowest BCUT2D eigenvalue weighted by Crippen LogP contribution is -2.18. The zero-order valence-corrected chi connectivity index (χ0v) is 13.6. The fraction of sp³-hybridized carbons (Fsp3) is 0.235. The van der Waals surface area contributed by atoms with Crippen molar-refractivity contribution in [2.24, 2.45) is 0 Å². The van der Waals surface area contributed by atoms with Gasteiger partial charge in [-0.05, 0) is 42.3 Å². The maximum atomic E-state index is 9.10. The number of rotatable bonds is 5. The number of nitriles is 1. The van der Waals surface area contributed by atoms with E-state index in [1.54, 1.807) is 7.11 Å². The third kappa shape index (κ3) is 4.07. The molecular formula is C17H17BrN2O. The van der Waals surface area contributed by atoms with E-state index < -0.39 is 0 Å². The Morgan fingerprint density at radius 3 is 2.76 bits per heavy atom. The van der Waals surface area contributed by atoms with Crippen LogP contribution in [0.15, 0.2) is 46.9 Å². The highest BCUT2D eigenvalue weighted by Crippen LogP contribution is 2.21. The highest BCUT2D eigenvalue weighted by Gasteiger charge is 2.07. The number of hydrogen-bond acceptors (Lipinski definition) is 3. The Kier molecular flexibility index (Phi) is 5.38. The third-order valence-electron chi connectivity index (χ3n) is 3.35. The van der Waals surface area contributed by atoms with Crippen LogP contribution in [0.3, 0.4) is 0 Å². The topological polar surface area (TPSA) is 45.0 Å². The first kappa shape index (κ1) is 15.6. The van der Waals surface area contributed by atoms with Gasteiger partial charge < -0.3 is 10.1 Å². The standard InChI is InChI=1S/C17H17BrN2O/c1-12(14-4-3-5-16(18)9-14)20-11-13-6-7-17(21-2)15(8-13)10-19/h3-9,12,20H,11H2,1-2H3/t12-/m0/s1. The Hall–Kier alpha value is -1.83. The molecule has 0 spiro atoms. The molecule has 1 atom stereocenters. The second-order valence-electron chi connectivity index (χ2n) is 4.80. The average molecular weight is 345 g/mol. The summed E-state index contributed by atoms with van der Waals surface area (Å²) in [5.74, 6) is 0.612. The van der Waals surface area contributed by atoms with Crippen LogP contribution in [0, 0.1) is 11.3 Å². The van der Waals surface area contributed by atoms with Gasteiger partial charge in [-0.15, -0.1) is 0 Å². The van der Waals surface area contributed by atoms with Crippen molar-refractivity contribution in [3.05, 3.63) is 63.6 Å². The summed E-state index contributed by atoms with van der Waals surface area (Å²) in [6.07, 6.45) is 0. The fourth-order valence-electron chi connectivity index (χ4n) is 2.12. The minimum absolute atomic E-state index is 0.232. The van der Waals surface area contributed by atoms with Crippen LogP contribution in [0.1, 0.15) is 29.7 Å². The number of ether oxygens (including phenoxy) is 1. The van der Waals surface area contributed by atoms with Gasteiger partial charge in [0.2, 0.25) is 0 Å². The van der Waals surface area contributed by atoms with Crippen molar-refractivity contribution in [1.82, 2.24) is 5.32 Å².